The standard InChI is InChI=1S/C26H28F2N6O3/c1-16-31-22(32-37-16)21-5-4-20(15-29-21)34-19(6-7-25(2,3)36)13-17-12-18(14-30-23(17)34)24(35)33-10-8-26(27,28)9-11-33/h4-5,12-15,36H,6-11H2,1-3H3. The maximum absolute atomic E-state index is 13.6. The molecule has 5 rings (SSSR count). The summed E-state index contributed by atoms with van der Waals surface area (Å²) in [5.41, 5.74) is 2.29. The lowest BCUT2D eigenvalue weighted by Gasteiger charge is -2.31. The summed E-state index contributed by atoms with van der Waals surface area (Å²) in [6.45, 7) is 5.23. The number of fused-ring (bicyclic) bond motifs is 1. The molecule has 37 heavy (non-hydrogen) atoms. The van der Waals surface area contributed by atoms with Crippen LogP contribution in [-0.4, -0.2) is 65.2 Å². The Morgan fingerprint density at radius 3 is 2.54 bits per heavy atom. The minimum absolute atomic E-state index is 0.0135. The number of rotatable bonds is 6. The van der Waals surface area contributed by atoms with Gasteiger partial charge < -0.3 is 14.5 Å². The molecule has 194 valence electrons. The maximum atomic E-state index is 13.6. The van der Waals surface area contributed by atoms with Gasteiger partial charge in [-0.1, -0.05) is 5.16 Å². The molecule has 0 radical (unpaired) electrons. The lowest BCUT2D eigenvalue weighted by molar-refractivity contribution is -0.0494. The Kier molecular flexibility index (Phi) is 6.26. The van der Waals surface area contributed by atoms with E-state index in [4.69, 9.17) is 4.52 Å². The van der Waals surface area contributed by atoms with Gasteiger partial charge in [-0.2, -0.15) is 4.98 Å². The number of pyridine rings is 2. The Morgan fingerprint density at radius 2 is 1.92 bits per heavy atom. The SMILES string of the molecule is Cc1nc(-c2ccc(-n3c(CCC(C)(C)O)cc4cc(C(=O)N5CCC(F)(F)CC5)cnc43)cn2)no1. The molecular weight excluding hydrogens is 482 g/mol. The predicted molar refractivity (Wildman–Crippen MR) is 132 cm³/mol. The molecule has 5 heterocycles. The number of carbonyl (C=O) groups excluding carboxylic acids is 1. The van der Waals surface area contributed by atoms with Crippen molar-refractivity contribution < 1.29 is 23.2 Å². The number of nitrogens with zero attached hydrogens (tertiary/aromatic N) is 6. The number of amides is 1. The summed E-state index contributed by atoms with van der Waals surface area (Å²) >= 11 is 0. The van der Waals surface area contributed by atoms with E-state index in [-0.39, 0.29) is 31.8 Å². The second kappa shape index (κ2) is 9.29. The van der Waals surface area contributed by atoms with E-state index >= 15 is 0 Å². The Bertz CT molecular complexity index is 1430. The van der Waals surface area contributed by atoms with Crippen LogP contribution in [0.15, 0.2) is 41.2 Å². The molecule has 0 unspecified atom stereocenters. The number of likely N-dealkylation sites (tertiary alicyclic amines) is 1. The van der Waals surface area contributed by atoms with E-state index in [0.717, 1.165) is 16.8 Å². The van der Waals surface area contributed by atoms with E-state index in [1.165, 1.54) is 11.1 Å². The molecule has 0 saturated carbocycles. The normalized spacial score (nSPS) is 15.9. The van der Waals surface area contributed by atoms with Gasteiger partial charge in [0.25, 0.3) is 11.8 Å². The minimum Gasteiger partial charge on any atom is -0.390 e. The van der Waals surface area contributed by atoms with Crippen LogP contribution in [0.2, 0.25) is 0 Å². The van der Waals surface area contributed by atoms with Gasteiger partial charge in [-0.3, -0.25) is 14.3 Å². The largest absolute Gasteiger partial charge is 0.390 e. The highest BCUT2D eigenvalue weighted by atomic mass is 19.3. The number of hydrogen-bond donors (Lipinski definition) is 1. The third-order valence-corrected chi connectivity index (χ3v) is 6.50. The van der Waals surface area contributed by atoms with E-state index in [1.54, 1.807) is 39.1 Å². The number of piperidine rings is 1. The zero-order valence-corrected chi connectivity index (χ0v) is 20.9. The van der Waals surface area contributed by atoms with E-state index < -0.39 is 11.5 Å². The fraction of sp³-hybridized carbons (Fsp3) is 0.423. The van der Waals surface area contributed by atoms with Crippen LogP contribution < -0.4 is 0 Å². The van der Waals surface area contributed by atoms with E-state index in [2.05, 4.69) is 20.1 Å². The Balaban J connectivity index is 1.49. The Hall–Kier alpha value is -3.73. The topological polar surface area (TPSA) is 110 Å². The summed E-state index contributed by atoms with van der Waals surface area (Å²) in [5.74, 6) is -2.20. The second-order valence-electron chi connectivity index (χ2n) is 10.1. The third-order valence-electron chi connectivity index (χ3n) is 6.50. The molecule has 1 N–H and O–H groups in total. The van der Waals surface area contributed by atoms with Crippen LogP contribution in [0.25, 0.3) is 28.2 Å². The molecular formula is C26H28F2N6O3. The summed E-state index contributed by atoms with van der Waals surface area (Å²) in [5, 5.41) is 14.9. The smallest absolute Gasteiger partial charge is 0.255 e. The summed E-state index contributed by atoms with van der Waals surface area (Å²) < 4.78 is 34.1. The maximum Gasteiger partial charge on any atom is 0.255 e. The monoisotopic (exact) mass is 510 g/mol. The van der Waals surface area contributed by atoms with Crippen LogP contribution in [-0.2, 0) is 6.42 Å². The highest BCUT2D eigenvalue weighted by Gasteiger charge is 2.36. The second-order valence-corrected chi connectivity index (χ2v) is 10.1. The summed E-state index contributed by atoms with van der Waals surface area (Å²) in [6, 6.07) is 7.34. The van der Waals surface area contributed by atoms with Gasteiger partial charge in [0.2, 0.25) is 11.7 Å². The molecule has 1 fully saturated rings. The van der Waals surface area contributed by atoms with E-state index in [9.17, 15) is 18.7 Å². The van der Waals surface area contributed by atoms with Gasteiger partial charge in [0.15, 0.2) is 0 Å². The van der Waals surface area contributed by atoms with Gasteiger partial charge in [-0.05, 0) is 51.0 Å². The average Bonchev–Trinajstić information content (AvgIpc) is 3.45. The summed E-state index contributed by atoms with van der Waals surface area (Å²) in [4.78, 5) is 27.8. The zero-order chi connectivity index (χ0) is 26.4. The van der Waals surface area contributed by atoms with Crippen molar-refractivity contribution in [3.05, 3.63) is 53.8 Å². The number of halogens is 2. The summed E-state index contributed by atoms with van der Waals surface area (Å²) in [6.07, 6.45) is 3.55. The molecule has 1 aliphatic rings. The van der Waals surface area contributed by atoms with Gasteiger partial charge in [0.05, 0.1) is 23.0 Å². The van der Waals surface area contributed by atoms with Crippen LogP contribution in [0.1, 0.15) is 55.1 Å². The zero-order valence-electron chi connectivity index (χ0n) is 20.9. The van der Waals surface area contributed by atoms with Crippen LogP contribution in [0.4, 0.5) is 8.78 Å². The first kappa shape index (κ1) is 24.9. The predicted octanol–water partition coefficient (Wildman–Crippen LogP) is 4.35. The van der Waals surface area contributed by atoms with Crippen LogP contribution >= 0.6 is 0 Å². The number of aryl methyl sites for hydroxylation is 2. The van der Waals surface area contributed by atoms with Crippen molar-refractivity contribution >= 4 is 16.9 Å². The van der Waals surface area contributed by atoms with Crippen LogP contribution in [0.3, 0.4) is 0 Å². The summed E-state index contributed by atoms with van der Waals surface area (Å²) in [7, 11) is 0. The van der Waals surface area contributed by atoms with Crippen molar-refractivity contribution in [1.82, 2.24) is 29.6 Å². The van der Waals surface area contributed by atoms with Crippen molar-refractivity contribution in [1.29, 1.82) is 0 Å². The lowest BCUT2D eigenvalue weighted by atomic mass is 10.0. The number of aromatic nitrogens is 5. The molecule has 0 aliphatic carbocycles. The molecule has 4 aromatic heterocycles. The highest BCUT2D eigenvalue weighted by molar-refractivity contribution is 5.97. The van der Waals surface area contributed by atoms with Crippen molar-refractivity contribution in [2.24, 2.45) is 0 Å². The van der Waals surface area contributed by atoms with Gasteiger partial charge in [0.1, 0.15) is 11.3 Å². The number of carbonyl (C=O) groups is 1. The Morgan fingerprint density at radius 1 is 1.16 bits per heavy atom. The van der Waals surface area contributed by atoms with Crippen LogP contribution in [0, 0.1) is 6.92 Å². The number of aliphatic hydroxyl groups is 1. The number of alkyl halides is 2. The lowest BCUT2D eigenvalue weighted by Crippen LogP contribution is -2.42. The fourth-order valence-corrected chi connectivity index (χ4v) is 4.44. The van der Waals surface area contributed by atoms with Crippen molar-refractivity contribution in [3.63, 3.8) is 0 Å². The highest BCUT2D eigenvalue weighted by Crippen LogP contribution is 2.30. The minimum atomic E-state index is -2.72. The number of hydrogen-bond acceptors (Lipinski definition) is 7. The van der Waals surface area contributed by atoms with Gasteiger partial charge in [0, 0.05) is 50.1 Å². The van der Waals surface area contributed by atoms with E-state index in [1.807, 2.05) is 16.7 Å². The van der Waals surface area contributed by atoms with Gasteiger partial charge in [-0.15, -0.1) is 0 Å². The first-order valence-corrected chi connectivity index (χ1v) is 12.2. The van der Waals surface area contributed by atoms with Crippen molar-refractivity contribution in [3.8, 4) is 17.2 Å². The van der Waals surface area contributed by atoms with Gasteiger partial charge >= 0.3 is 0 Å². The third kappa shape index (κ3) is 5.36. The molecule has 0 atom stereocenters. The molecule has 11 heteroatoms. The molecule has 1 amide bonds. The molecule has 1 saturated heterocycles. The van der Waals surface area contributed by atoms with Crippen LogP contribution in [0.5, 0.6) is 0 Å². The average molecular weight is 511 g/mol. The molecule has 0 spiro atoms. The van der Waals surface area contributed by atoms with Crippen molar-refractivity contribution in [2.75, 3.05) is 13.1 Å². The molecule has 9 nitrogen and oxygen atoms in total. The first-order valence-electron chi connectivity index (χ1n) is 12.2. The van der Waals surface area contributed by atoms with Gasteiger partial charge in [-0.25, -0.2) is 13.8 Å². The quantitative estimate of drug-likeness (QED) is 0.411. The molecule has 1 aliphatic heterocycles. The van der Waals surface area contributed by atoms with E-state index in [0.29, 0.717) is 41.5 Å². The Labute approximate surface area is 212 Å². The molecule has 0 bridgehead atoms. The fourth-order valence-electron chi connectivity index (χ4n) is 4.44. The van der Waals surface area contributed by atoms with Crippen molar-refractivity contribution in [2.45, 2.75) is 58.0 Å². The molecule has 4 aromatic rings. The first-order chi connectivity index (χ1) is 17.5. The molecule has 0 aromatic carbocycles.